The van der Waals surface area contributed by atoms with Gasteiger partial charge in [-0.25, -0.2) is 20.4 Å². The van der Waals surface area contributed by atoms with Crippen LogP contribution in [-0.2, 0) is 9.59 Å². The molecule has 0 spiro atoms. The van der Waals surface area contributed by atoms with Gasteiger partial charge in [0.15, 0.2) is 0 Å². The Kier molecular flexibility index (Phi) is 31.9. The Labute approximate surface area is 72.3 Å². The SMILES string of the molecule is CCC=C(C)C.N=C=O.N=C=O. The summed E-state index contributed by atoms with van der Waals surface area (Å²) >= 11 is 0. The van der Waals surface area contributed by atoms with Crippen molar-refractivity contribution in [2.45, 2.75) is 27.2 Å². The maximum absolute atomic E-state index is 8.35. The number of isocyanates is 2. The van der Waals surface area contributed by atoms with E-state index in [1.165, 1.54) is 12.0 Å². The van der Waals surface area contributed by atoms with Crippen LogP contribution in [0.2, 0.25) is 0 Å². The third-order valence-electron chi connectivity index (χ3n) is 0.612. The summed E-state index contributed by atoms with van der Waals surface area (Å²) in [6, 6.07) is 0. The van der Waals surface area contributed by atoms with Crippen LogP contribution in [0.5, 0.6) is 0 Å². The second-order valence-corrected chi connectivity index (χ2v) is 1.89. The molecule has 0 amide bonds. The van der Waals surface area contributed by atoms with Gasteiger partial charge in [-0.05, 0) is 20.3 Å². The van der Waals surface area contributed by atoms with Crippen LogP contribution in [0.25, 0.3) is 0 Å². The Bertz CT molecular complexity index is 157. The van der Waals surface area contributed by atoms with Crippen LogP contribution in [0.1, 0.15) is 27.2 Å². The second kappa shape index (κ2) is 22.7. The van der Waals surface area contributed by atoms with E-state index in [1.807, 2.05) is 0 Å². The van der Waals surface area contributed by atoms with E-state index in [4.69, 9.17) is 20.4 Å². The topological polar surface area (TPSA) is 81.8 Å². The molecule has 0 unspecified atom stereocenters. The highest BCUT2D eigenvalue weighted by Gasteiger charge is 1.67. The monoisotopic (exact) mass is 170 g/mol. The molecule has 0 fully saturated rings. The van der Waals surface area contributed by atoms with Gasteiger partial charge in [0.05, 0.1) is 0 Å². The first-order chi connectivity index (χ1) is 5.60. The number of nitrogens with one attached hydrogen (secondary N) is 2. The van der Waals surface area contributed by atoms with Crippen molar-refractivity contribution in [2.24, 2.45) is 0 Å². The highest BCUT2D eigenvalue weighted by molar-refractivity contribution is 5.26. The molecule has 0 aliphatic carbocycles. The van der Waals surface area contributed by atoms with Gasteiger partial charge in [0.25, 0.3) is 0 Å². The molecule has 0 rings (SSSR count). The summed E-state index contributed by atoms with van der Waals surface area (Å²) in [5, 5.41) is 10.8. The molecule has 0 aromatic carbocycles. The van der Waals surface area contributed by atoms with Gasteiger partial charge in [-0.15, -0.1) is 0 Å². The van der Waals surface area contributed by atoms with Gasteiger partial charge < -0.3 is 0 Å². The molecule has 12 heavy (non-hydrogen) atoms. The van der Waals surface area contributed by atoms with E-state index >= 15 is 0 Å². The molecule has 0 atom stereocenters. The first kappa shape index (κ1) is 16.8. The number of carbonyl (C=O) groups excluding carboxylic acids is 2. The van der Waals surface area contributed by atoms with Gasteiger partial charge in [-0.1, -0.05) is 18.6 Å². The zero-order valence-corrected chi connectivity index (χ0v) is 7.60. The molecule has 0 aliphatic heterocycles. The van der Waals surface area contributed by atoms with Crippen molar-refractivity contribution in [1.29, 1.82) is 10.8 Å². The first-order valence-corrected chi connectivity index (χ1v) is 3.31. The fourth-order valence-corrected chi connectivity index (χ4v) is 0.408. The Morgan fingerprint density at radius 2 is 1.50 bits per heavy atom. The zero-order valence-electron chi connectivity index (χ0n) is 7.60. The first-order valence-electron chi connectivity index (χ1n) is 3.31. The van der Waals surface area contributed by atoms with Crippen molar-refractivity contribution in [3.8, 4) is 0 Å². The molecule has 0 radical (unpaired) electrons. The van der Waals surface area contributed by atoms with Crippen LogP contribution in [0, 0.1) is 10.8 Å². The second-order valence-electron chi connectivity index (χ2n) is 1.89. The molecule has 0 bridgehead atoms. The lowest BCUT2D eigenvalue weighted by molar-refractivity contribution is 0.562. The molecule has 0 saturated heterocycles. The summed E-state index contributed by atoms with van der Waals surface area (Å²) in [5.41, 5.74) is 1.41. The summed E-state index contributed by atoms with van der Waals surface area (Å²) in [7, 11) is 0. The number of hydrogen-bond donors (Lipinski definition) is 2. The highest BCUT2D eigenvalue weighted by atomic mass is 16.1. The van der Waals surface area contributed by atoms with Gasteiger partial charge >= 0.3 is 0 Å². The molecule has 0 saturated carbocycles. The van der Waals surface area contributed by atoms with Crippen molar-refractivity contribution in [2.75, 3.05) is 0 Å². The summed E-state index contributed by atoms with van der Waals surface area (Å²) in [5.74, 6) is 0. The minimum atomic E-state index is 0.750. The summed E-state index contributed by atoms with van der Waals surface area (Å²) < 4.78 is 0. The fourth-order valence-electron chi connectivity index (χ4n) is 0.408. The van der Waals surface area contributed by atoms with Crippen molar-refractivity contribution in [3.05, 3.63) is 11.6 Å². The lowest BCUT2D eigenvalue weighted by Gasteiger charge is -1.80. The van der Waals surface area contributed by atoms with Crippen molar-refractivity contribution in [1.82, 2.24) is 0 Å². The van der Waals surface area contributed by atoms with Gasteiger partial charge in [0.2, 0.25) is 12.2 Å². The molecule has 4 heteroatoms. The van der Waals surface area contributed by atoms with Gasteiger partial charge in [-0.3, -0.25) is 0 Å². The third-order valence-corrected chi connectivity index (χ3v) is 0.612. The molecule has 0 aromatic heterocycles. The minimum Gasteiger partial charge on any atom is -0.222 e. The van der Waals surface area contributed by atoms with E-state index in [0.29, 0.717) is 0 Å². The number of rotatable bonds is 1. The van der Waals surface area contributed by atoms with Crippen LogP contribution in [-0.4, -0.2) is 12.2 Å². The minimum absolute atomic E-state index is 0.750. The number of allylic oxidation sites excluding steroid dienone is 2. The molecular weight excluding hydrogens is 156 g/mol. The predicted molar refractivity (Wildman–Crippen MR) is 46.5 cm³/mol. The molecule has 0 aliphatic rings. The largest absolute Gasteiger partial charge is 0.231 e. The predicted octanol–water partition coefficient (Wildman–Crippen LogP) is 2.16. The van der Waals surface area contributed by atoms with Crippen molar-refractivity contribution in [3.63, 3.8) is 0 Å². The standard InChI is InChI=1S/C6H12.2CHNO/c1-4-5-6(2)3;2*2-1-3/h5H,4H2,1-3H3;2*2H. The molecule has 68 valence electrons. The Balaban J connectivity index is -0.000000115. The van der Waals surface area contributed by atoms with Crippen LogP contribution < -0.4 is 0 Å². The van der Waals surface area contributed by atoms with Gasteiger partial charge in [-0.2, -0.15) is 0 Å². The lowest BCUT2D eigenvalue weighted by Crippen LogP contribution is -1.58. The van der Waals surface area contributed by atoms with Crippen LogP contribution >= 0.6 is 0 Å². The van der Waals surface area contributed by atoms with Gasteiger partial charge in [0.1, 0.15) is 0 Å². The van der Waals surface area contributed by atoms with Crippen LogP contribution in [0.3, 0.4) is 0 Å². The molecular formula is C8H14N2O2. The summed E-state index contributed by atoms with van der Waals surface area (Å²) in [4.78, 5) is 16.7. The maximum Gasteiger partial charge on any atom is 0.231 e. The lowest BCUT2D eigenvalue weighted by atomic mass is 10.3. The van der Waals surface area contributed by atoms with Crippen LogP contribution in [0.4, 0.5) is 0 Å². The average Bonchev–Trinajstić information content (AvgIpc) is 1.89. The molecule has 0 heterocycles. The Morgan fingerprint density at radius 3 is 1.50 bits per heavy atom. The smallest absolute Gasteiger partial charge is 0.222 e. The third kappa shape index (κ3) is 212. The maximum atomic E-state index is 8.35. The number of hydrogen-bond acceptors (Lipinski definition) is 4. The Hall–Kier alpha value is -1.50. The summed E-state index contributed by atoms with van der Waals surface area (Å²) in [6.45, 7) is 6.38. The average molecular weight is 170 g/mol. The van der Waals surface area contributed by atoms with E-state index in [9.17, 15) is 0 Å². The van der Waals surface area contributed by atoms with E-state index < -0.39 is 0 Å². The van der Waals surface area contributed by atoms with Gasteiger partial charge in [0, 0.05) is 0 Å². The van der Waals surface area contributed by atoms with Crippen LogP contribution in [0.15, 0.2) is 11.6 Å². The van der Waals surface area contributed by atoms with Crippen molar-refractivity contribution >= 4 is 12.2 Å². The van der Waals surface area contributed by atoms with Crippen molar-refractivity contribution < 1.29 is 9.59 Å². The fraction of sp³-hybridized carbons (Fsp3) is 0.500. The normalized spacial score (nSPS) is 5.25. The Morgan fingerprint density at radius 1 is 1.25 bits per heavy atom. The van der Waals surface area contributed by atoms with E-state index in [1.54, 1.807) is 0 Å². The zero-order chi connectivity index (χ0) is 10.4. The molecule has 4 nitrogen and oxygen atoms in total. The van der Waals surface area contributed by atoms with E-state index in [0.717, 1.165) is 12.2 Å². The summed E-state index contributed by atoms with van der Waals surface area (Å²) in [6.07, 6.45) is 4.88. The molecule has 0 aromatic rings. The quantitative estimate of drug-likeness (QED) is 0.359. The van der Waals surface area contributed by atoms with E-state index in [-0.39, 0.29) is 0 Å². The molecule has 2 N–H and O–H groups in total. The van der Waals surface area contributed by atoms with E-state index in [2.05, 4.69) is 26.8 Å². The highest BCUT2D eigenvalue weighted by Crippen LogP contribution is 1.88.